The second kappa shape index (κ2) is 16.1. The van der Waals surface area contributed by atoms with Gasteiger partial charge in [-0.25, -0.2) is 23.5 Å². The quantitative estimate of drug-likeness (QED) is 0.0979. The molecule has 48 heavy (non-hydrogen) atoms. The number of hydrogen-bond donors (Lipinski definition) is 2. The number of ketones is 1. The first-order chi connectivity index (χ1) is 22.9. The average molecular weight is 663 g/mol. The van der Waals surface area contributed by atoms with Crippen LogP contribution in [0.5, 0.6) is 0 Å². The molecule has 3 aromatic heterocycles. The zero-order valence-electron chi connectivity index (χ0n) is 28.1. The second-order valence-electron chi connectivity index (χ2n) is 12.0. The van der Waals surface area contributed by atoms with Crippen molar-refractivity contribution in [1.29, 1.82) is 0 Å². The van der Waals surface area contributed by atoms with E-state index in [2.05, 4.69) is 21.5 Å². The molecule has 12 heteroatoms. The molecule has 0 saturated heterocycles. The third-order valence-corrected chi connectivity index (χ3v) is 8.01. The van der Waals surface area contributed by atoms with Crippen LogP contribution in [0.25, 0.3) is 22.1 Å². The van der Waals surface area contributed by atoms with E-state index in [1.54, 1.807) is 56.3 Å². The topological polar surface area (TPSA) is 130 Å². The molecule has 2 aromatic carbocycles. The zero-order chi connectivity index (χ0) is 35.0. The first kappa shape index (κ1) is 35.7. The van der Waals surface area contributed by atoms with E-state index in [-0.39, 0.29) is 18.6 Å². The summed E-state index contributed by atoms with van der Waals surface area (Å²) in [5, 5.41) is 8.56. The number of aromatic carboxylic acids is 1. The Morgan fingerprint density at radius 3 is 2.12 bits per heavy atom. The van der Waals surface area contributed by atoms with Gasteiger partial charge in [0.05, 0.1) is 22.5 Å². The van der Waals surface area contributed by atoms with Gasteiger partial charge in [-0.3, -0.25) is 9.78 Å². The normalized spacial score (nSPS) is 11.0. The van der Waals surface area contributed by atoms with Crippen molar-refractivity contribution < 1.29 is 24.9 Å². The number of carboxylic acid groups (broad SMARTS) is 1. The van der Waals surface area contributed by atoms with Crippen molar-refractivity contribution in [2.24, 2.45) is 0 Å². The maximum absolute atomic E-state index is 14.2. The molecule has 0 fully saturated rings. The highest BCUT2D eigenvalue weighted by Gasteiger charge is 2.18. The summed E-state index contributed by atoms with van der Waals surface area (Å²) in [4.78, 5) is 40.2. The summed E-state index contributed by atoms with van der Waals surface area (Å²) in [7, 11) is 6.94. The van der Waals surface area contributed by atoms with Crippen molar-refractivity contribution in [1.82, 2.24) is 19.5 Å². The van der Waals surface area contributed by atoms with E-state index in [0.29, 0.717) is 34.7 Å². The van der Waals surface area contributed by atoms with Crippen LogP contribution in [0.15, 0.2) is 54.7 Å². The Labute approximate surface area is 280 Å². The molecule has 0 radical (unpaired) electrons. The summed E-state index contributed by atoms with van der Waals surface area (Å²) in [6, 6.07) is 12.3. The number of nitrogens with zero attached hydrogens (tertiary/aromatic N) is 6. The second-order valence-corrected chi connectivity index (χ2v) is 12.0. The third-order valence-electron chi connectivity index (χ3n) is 8.01. The molecule has 0 unspecified atom stereocenters. The van der Waals surface area contributed by atoms with Gasteiger partial charge in [0.15, 0.2) is 11.6 Å². The van der Waals surface area contributed by atoms with Crippen LogP contribution >= 0.6 is 0 Å². The number of pyridine rings is 2. The summed E-state index contributed by atoms with van der Waals surface area (Å²) in [5.74, 6) is -0.618. The van der Waals surface area contributed by atoms with Crippen molar-refractivity contribution >= 4 is 51.0 Å². The Hall–Kier alpha value is -5.13. The van der Waals surface area contributed by atoms with Gasteiger partial charge in [-0.05, 0) is 67.8 Å². The number of aryl methyl sites for hydroxylation is 2. The van der Waals surface area contributed by atoms with Crippen molar-refractivity contribution in [2.75, 3.05) is 43.7 Å². The number of halogens is 2. The Kier molecular flexibility index (Phi) is 12.0. The molecule has 5 aromatic rings. The SMILES string of the molecule is CCCCc1nc2c(N)nc3cccnc3c2n1CCCCCC(=O)c1ccc(N(C)C)c(F)c1.CN(C)c1ccc(C(=O)O)cc1F.[2HH]. The van der Waals surface area contributed by atoms with Crippen LogP contribution in [-0.2, 0) is 13.0 Å². The van der Waals surface area contributed by atoms with Crippen molar-refractivity contribution in [3.05, 3.63) is 83.3 Å². The van der Waals surface area contributed by atoms with Crippen LogP contribution in [0.2, 0.25) is 0 Å². The van der Waals surface area contributed by atoms with Gasteiger partial charge < -0.3 is 25.2 Å². The van der Waals surface area contributed by atoms with Gasteiger partial charge in [0.1, 0.15) is 34.0 Å². The molecule has 0 aliphatic carbocycles. The van der Waals surface area contributed by atoms with E-state index >= 15 is 0 Å². The minimum Gasteiger partial charge on any atom is -0.478 e. The number of rotatable bonds is 13. The molecule has 0 atom stereocenters. The van der Waals surface area contributed by atoms with Gasteiger partial charge in [-0.1, -0.05) is 19.8 Å². The van der Waals surface area contributed by atoms with E-state index in [9.17, 15) is 18.4 Å². The monoisotopic (exact) mass is 662 g/mol. The molecule has 0 spiro atoms. The highest BCUT2D eigenvalue weighted by atomic mass is 19.1. The first-order valence-corrected chi connectivity index (χ1v) is 16.0. The number of imidazole rings is 1. The van der Waals surface area contributed by atoms with Crippen LogP contribution in [0.1, 0.15) is 73.4 Å². The molecule has 0 bridgehead atoms. The van der Waals surface area contributed by atoms with E-state index in [1.165, 1.54) is 18.2 Å². The predicted octanol–water partition coefficient (Wildman–Crippen LogP) is 7.39. The molecular formula is C36H45F2N7O3. The van der Waals surface area contributed by atoms with Gasteiger partial charge in [0, 0.05) is 60.8 Å². The Bertz CT molecular complexity index is 1910. The summed E-state index contributed by atoms with van der Waals surface area (Å²) in [5.41, 5.74) is 10.7. The lowest BCUT2D eigenvalue weighted by atomic mass is 10.0. The molecular weight excluding hydrogens is 616 g/mol. The number of hydrogen-bond acceptors (Lipinski definition) is 8. The van der Waals surface area contributed by atoms with E-state index in [1.807, 2.05) is 12.1 Å². The van der Waals surface area contributed by atoms with Crippen LogP contribution in [-0.4, -0.2) is 64.6 Å². The number of fused-ring (bicyclic) bond motifs is 3. The average Bonchev–Trinajstić information content (AvgIpc) is 3.42. The maximum atomic E-state index is 14.2. The lowest BCUT2D eigenvalue weighted by Crippen LogP contribution is -2.11. The molecule has 256 valence electrons. The van der Waals surface area contributed by atoms with Crippen molar-refractivity contribution in [3.63, 3.8) is 0 Å². The standard InChI is InChI=1S/C27H33FN6O.C9H10FNO2.H2/c1-4-5-12-23-32-25-26(24-20(31-27(25)29)10-9-15-30-24)34(23)16-8-6-7-11-22(35)18-13-14-21(33(2)3)19(28)17-18;1-11(2)8-4-3-6(9(12)13)5-7(8)10;/h9-10,13-15,17H,4-8,11-12,16H2,1-3H3,(H2,29,31);3-5H,1-2H3,(H,12,13);1H/i;;1+1. The lowest BCUT2D eigenvalue weighted by Gasteiger charge is -2.14. The number of nitrogens with two attached hydrogens (primary N) is 1. The smallest absolute Gasteiger partial charge is 0.335 e. The van der Waals surface area contributed by atoms with E-state index in [4.69, 9.17) is 15.8 Å². The number of nitrogen functional groups attached to an aromatic ring is 1. The van der Waals surface area contributed by atoms with Gasteiger partial charge >= 0.3 is 5.97 Å². The van der Waals surface area contributed by atoms with Crippen LogP contribution in [0.3, 0.4) is 0 Å². The number of carbonyl (C=O) groups is 2. The Morgan fingerprint density at radius 2 is 1.52 bits per heavy atom. The predicted molar refractivity (Wildman–Crippen MR) is 189 cm³/mol. The fraction of sp³-hybridized carbons (Fsp3) is 0.361. The minimum absolute atomic E-state index is 0. The number of benzene rings is 2. The number of anilines is 3. The van der Waals surface area contributed by atoms with Crippen LogP contribution in [0.4, 0.5) is 26.0 Å². The van der Waals surface area contributed by atoms with E-state index in [0.717, 1.165) is 73.5 Å². The highest BCUT2D eigenvalue weighted by molar-refractivity contribution is 6.04. The summed E-state index contributed by atoms with van der Waals surface area (Å²) < 4.78 is 29.6. The summed E-state index contributed by atoms with van der Waals surface area (Å²) >= 11 is 0. The fourth-order valence-corrected chi connectivity index (χ4v) is 5.46. The Morgan fingerprint density at radius 1 is 0.875 bits per heavy atom. The number of carboxylic acids is 1. The Balaban J connectivity index is 0.000000392. The van der Waals surface area contributed by atoms with Crippen molar-refractivity contribution in [2.45, 2.75) is 58.4 Å². The van der Waals surface area contributed by atoms with Gasteiger partial charge in [0.25, 0.3) is 0 Å². The number of carbonyl (C=O) groups excluding carboxylic acids is 1. The molecule has 5 rings (SSSR count). The molecule has 3 heterocycles. The van der Waals surface area contributed by atoms with Gasteiger partial charge in [-0.2, -0.15) is 0 Å². The van der Waals surface area contributed by atoms with Crippen LogP contribution < -0.4 is 15.5 Å². The van der Waals surface area contributed by atoms with Gasteiger partial charge in [0.2, 0.25) is 0 Å². The number of aromatic nitrogens is 4. The molecule has 0 aliphatic heterocycles. The fourth-order valence-electron chi connectivity index (χ4n) is 5.46. The molecule has 10 nitrogen and oxygen atoms in total. The first-order valence-electron chi connectivity index (χ1n) is 16.0. The van der Waals surface area contributed by atoms with E-state index < -0.39 is 11.8 Å². The molecule has 0 saturated carbocycles. The zero-order valence-corrected chi connectivity index (χ0v) is 28.1. The number of Topliss-reactive ketones (excluding diaryl/α,β-unsaturated/α-hetero) is 1. The molecule has 0 aliphatic rings. The van der Waals surface area contributed by atoms with Gasteiger partial charge in [-0.15, -0.1) is 0 Å². The van der Waals surface area contributed by atoms with Crippen molar-refractivity contribution in [3.8, 4) is 0 Å². The summed E-state index contributed by atoms with van der Waals surface area (Å²) in [6.07, 6.45) is 7.66. The summed E-state index contributed by atoms with van der Waals surface area (Å²) in [6.45, 7) is 2.93. The number of unbranched alkanes of at least 4 members (excludes halogenated alkanes) is 3. The molecule has 3 N–H and O–H groups in total. The maximum Gasteiger partial charge on any atom is 0.335 e. The minimum atomic E-state index is -1.12. The largest absolute Gasteiger partial charge is 0.478 e. The highest BCUT2D eigenvalue weighted by Crippen LogP contribution is 2.29. The lowest BCUT2D eigenvalue weighted by molar-refractivity contribution is 0.0696. The molecule has 0 amide bonds. The van der Waals surface area contributed by atoms with Crippen LogP contribution in [0, 0.1) is 11.6 Å². The third kappa shape index (κ3) is 8.41.